The van der Waals surface area contributed by atoms with Crippen molar-refractivity contribution in [2.24, 2.45) is 5.41 Å². The number of amides is 1. The highest BCUT2D eigenvalue weighted by atomic mass is 16.2. The van der Waals surface area contributed by atoms with E-state index < -0.39 is 5.41 Å². The minimum absolute atomic E-state index is 0.191. The van der Waals surface area contributed by atoms with E-state index in [1.54, 1.807) is 0 Å². The molecule has 6 nitrogen and oxygen atoms in total. The largest absolute Gasteiger partial charge is 0.359 e. The number of fused-ring (bicyclic) bond motifs is 3. The number of aromatic amines is 2. The summed E-state index contributed by atoms with van der Waals surface area (Å²) < 4.78 is 0. The lowest BCUT2D eigenvalue weighted by atomic mass is 9.85. The fourth-order valence-electron chi connectivity index (χ4n) is 5.10. The topological polar surface area (TPSA) is 68.0 Å². The number of aryl methyl sites for hydroxylation is 1. The molecule has 3 heterocycles. The average Bonchev–Trinajstić information content (AvgIpc) is 3.45. The first-order valence-electron chi connectivity index (χ1n) is 12.6. The van der Waals surface area contributed by atoms with Crippen LogP contribution in [0.2, 0.25) is 0 Å². The third-order valence-electron chi connectivity index (χ3n) is 7.00. The Morgan fingerprint density at radius 1 is 1.18 bits per heavy atom. The lowest BCUT2D eigenvalue weighted by molar-refractivity contribution is -0.133. The molecule has 0 spiro atoms. The molecule has 4 rings (SSSR count). The third kappa shape index (κ3) is 4.58. The van der Waals surface area contributed by atoms with Crippen molar-refractivity contribution in [1.29, 1.82) is 0 Å². The van der Waals surface area contributed by atoms with E-state index in [9.17, 15) is 4.79 Å². The number of hydrogen-bond acceptors (Lipinski definition) is 3. The number of nitrogens with zero attached hydrogens (tertiary/aromatic N) is 3. The number of likely N-dealkylation sites (N-methyl/N-ethyl adjacent to an activating group) is 1. The van der Waals surface area contributed by atoms with Gasteiger partial charge in [0.05, 0.1) is 23.0 Å². The van der Waals surface area contributed by atoms with E-state index in [1.807, 2.05) is 45.7 Å². The van der Waals surface area contributed by atoms with Gasteiger partial charge in [0.15, 0.2) is 0 Å². The maximum absolute atomic E-state index is 13.4. The van der Waals surface area contributed by atoms with Crippen molar-refractivity contribution in [1.82, 2.24) is 25.0 Å². The number of nitrogens with one attached hydrogen (secondary N) is 2. The summed E-state index contributed by atoms with van der Waals surface area (Å²) >= 11 is 0. The van der Waals surface area contributed by atoms with Crippen LogP contribution < -0.4 is 0 Å². The van der Waals surface area contributed by atoms with Crippen molar-refractivity contribution in [2.45, 2.75) is 67.7 Å². The van der Waals surface area contributed by atoms with Crippen LogP contribution in [-0.2, 0) is 17.6 Å². The number of carbonyl (C=O) groups is 1. The Balaban J connectivity index is 0.00000149. The standard InChI is InChI=1S/C25H35N5O.C2H6/c1-6-20-21(30(24(31)25(20,4)5)13-12-29(7-2)8-3)14-18-15-26-23-19(18)11-9-10-17-16-27-28-22(17)23;1-2/h6,14-16,26H,7-13H2,1-5H3,(H,27,28);1-2H3/b20-6+,21-14+;. The number of allylic oxidation sites excluding steroid dienone is 2. The molecule has 2 aliphatic rings. The Morgan fingerprint density at radius 3 is 2.58 bits per heavy atom. The summed E-state index contributed by atoms with van der Waals surface area (Å²) in [4.78, 5) is 21.3. The first kappa shape index (κ1) is 25.0. The van der Waals surface area contributed by atoms with Gasteiger partial charge in [-0.25, -0.2) is 0 Å². The Labute approximate surface area is 199 Å². The predicted molar refractivity (Wildman–Crippen MR) is 137 cm³/mol. The molecule has 0 atom stereocenters. The zero-order valence-electron chi connectivity index (χ0n) is 21.5. The van der Waals surface area contributed by atoms with Gasteiger partial charge in [-0.3, -0.25) is 9.89 Å². The number of aromatic nitrogens is 3. The average molecular weight is 452 g/mol. The van der Waals surface area contributed by atoms with Gasteiger partial charge in [0.25, 0.3) is 0 Å². The molecule has 1 saturated heterocycles. The first-order chi connectivity index (χ1) is 15.9. The van der Waals surface area contributed by atoms with Gasteiger partial charge in [0.2, 0.25) is 5.91 Å². The van der Waals surface area contributed by atoms with Crippen molar-refractivity contribution < 1.29 is 4.79 Å². The van der Waals surface area contributed by atoms with Crippen LogP contribution in [0.5, 0.6) is 0 Å². The van der Waals surface area contributed by atoms with Crippen LogP contribution in [0.1, 0.15) is 71.6 Å². The van der Waals surface area contributed by atoms with Crippen molar-refractivity contribution in [2.75, 3.05) is 26.2 Å². The molecule has 33 heavy (non-hydrogen) atoms. The molecule has 0 radical (unpaired) electrons. The van der Waals surface area contributed by atoms with Crippen LogP contribution in [0.4, 0.5) is 0 Å². The van der Waals surface area contributed by atoms with Crippen molar-refractivity contribution in [3.05, 3.63) is 46.4 Å². The van der Waals surface area contributed by atoms with Crippen LogP contribution in [0, 0.1) is 5.41 Å². The molecule has 0 saturated carbocycles. The summed E-state index contributed by atoms with van der Waals surface area (Å²) in [5.74, 6) is 0.191. The smallest absolute Gasteiger partial charge is 0.237 e. The van der Waals surface area contributed by atoms with Gasteiger partial charge in [-0.05, 0) is 81.5 Å². The highest BCUT2D eigenvalue weighted by molar-refractivity contribution is 5.95. The monoisotopic (exact) mass is 451 g/mol. The molecule has 1 fully saturated rings. The molecule has 0 unspecified atom stereocenters. The number of likely N-dealkylation sites (tertiary alicyclic amines) is 1. The SMILES string of the molecule is C/C=C1\C(=C/c2c[nH]c3c2CCCc2cn[nH]c2-3)N(CCN(CC)CC)C(=O)C1(C)C.CC. The molecule has 180 valence electrons. The van der Waals surface area contributed by atoms with Crippen molar-refractivity contribution in [3.8, 4) is 11.4 Å². The molecule has 6 heteroatoms. The Kier molecular flexibility index (Phi) is 8.01. The van der Waals surface area contributed by atoms with E-state index in [0.29, 0.717) is 6.54 Å². The minimum atomic E-state index is -0.506. The molecule has 0 aromatic carbocycles. The Morgan fingerprint density at radius 2 is 1.91 bits per heavy atom. The number of H-pyrrole nitrogens is 2. The van der Waals surface area contributed by atoms with Gasteiger partial charge < -0.3 is 14.8 Å². The normalized spacial score (nSPS) is 19.5. The van der Waals surface area contributed by atoms with Crippen LogP contribution >= 0.6 is 0 Å². The molecular formula is C27H41N5O. The molecule has 1 amide bonds. The van der Waals surface area contributed by atoms with Crippen LogP contribution in [0.15, 0.2) is 29.7 Å². The highest BCUT2D eigenvalue weighted by Gasteiger charge is 2.46. The molecule has 1 aliphatic carbocycles. The molecule has 2 aromatic heterocycles. The summed E-state index contributed by atoms with van der Waals surface area (Å²) in [5, 5.41) is 7.43. The molecule has 2 N–H and O–H groups in total. The van der Waals surface area contributed by atoms with Crippen LogP contribution in [-0.4, -0.2) is 57.1 Å². The van der Waals surface area contributed by atoms with E-state index in [0.717, 1.165) is 61.6 Å². The second kappa shape index (κ2) is 10.6. The molecule has 0 bridgehead atoms. The lowest BCUT2D eigenvalue weighted by Gasteiger charge is -2.24. The van der Waals surface area contributed by atoms with E-state index in [1.165, 1.54) is 16.7 Å². The number of hydrogen-bond donors (Lipinski definition) is 2. The minimum Gasteiger partial charge on any atom is -0.359 e. The van der Waals surface area contributed by atoms with Gasteiger partial charge in [0, 0.05) is 25.0 Å². The van der Waals surface area contributed by atoms with E-state index in [-0.39, 0.29) is 5.91 Å². The van der Waals surface area contributed by atoms with E-state index in [2.05, 4.69) is 52.3 Å². The third-order valence-corrected chi connectivity index (χ3v) is 7.00. The second-order valence-electron chi connectivity index (χ2n) is 9.06. The van der Waals surface area contributed by atoms with Gasteiger partial charge in [-0.1, -0.05) is 33.8 Å². The van der Waals surface area contributed by atoms with Crippen LogP contribution in [0.3, 0.4) is 0 Å². The summed E-state index contributed by atoms with van der Waals surface area (Å²) in [6, 6.07) is 0. The van der Waals surface area contributed by atoms with Gasteiger partial charge in [-0.15, -0.1) is 0 Å². The van der Waals surface area contributed by atoms with Crippen molar-refractivity contribution in [3.63, 3.8) is 0 Å². The highest BCUT2D eigenvalue weighted by Crippen LogP contribution is 2.44. The van der Waals surface area contributed by atoms with Gasteiger partial charge in [0.1, 0.15) is 0 Å². The molecule has 2 aromatic rings. The van der Waals surface area contributed by atoms with Crippen LogP contribution in [0.25, 0.3) is 17.5 Å². The molecule has 1 aliphatic heterocycles. The number of rotatable bonds is 6. The number of carbonyl (C=O) groups excluding carboxylic acids is 1. The fourth-order valence-corrected chi connectivity index (χ4v) is 5.10. The maximum atomic E-state index is 13.4. The van der Waals surface area contributed by atoms with Crippen molar-refractivity contribution >= 4 is 12.0 Å². The summed E-state index contributed by atoms with van der Waals surface area (Å²) in [7, 11) is 0. The maximum Gasteiger partial charge on any atom is 0.237 e. The summed E-state index contributed by atoms with van der Waals surface area (Å²) in [5.41, 5.74) is 7.64. The first-order valence-corrected chi connectivity index (χ1v) is 12.6. The van der Waals surface area contributed by atoms with E-state index in [4.69, 9.17) is 0 Å². The second-order valence-corrected chi connectivity index (χ2v) is 9.06. The quantitative estimate of drug-likeness (QED) is 0.616. The predicted octanol–water partition coefficient (Wildman–Crippen LogP) is 5.42. The lowest BCUT2D eigenvalue weighted by Crippen LogP contribution is -2.37. The van der Waals surface area contributed by atoms with Gasteiger partial charge >= 0.3 is 0 Å². The summed E-state index contributed by atoms with van der Waals surface area (Å²) in [6.07, 6.45) is 11.5. The Bertz CT molecular complexity index is 1020. The summed E-state index contributed by atoms with van der Waals surface area (Å²) in [6.45, 7) is 18.1. The van der Waals surface area contributed by atoms with E-state index >= 15 is 0 Å². The Hall–Kier alpha value is -2.60. The zero-order valence-corrected chi connectivity index (χ0v) is 21.5. The zero-order chi connectivity index (χ0) is 24.2. The molecular weight excluding hydrogens is 410 g/mol. The fraction of sp³-hybridized carbons (Fsp3) is 0.556. The van der Waals surface area contributed by atoms with Gasteiger partial charge in [-0.2, -0.15) is 5.10 Å².